The summed E-state index contributed by atoms with van der Waals surface area (Å²) in [6.07, 6.45) is 5.54. The number of hydrogen-bond acceptors (Lipinski definition) is 3. The Morgan fingerprint density at radius 3 is 2.45 bits per heavy atom. The number of hydrogen-bond donors (Lipinski definition) is 2. The highest BCUT2D eigenvalue weighted by Gasteiger charge is 2.20. The molecule has 1 aliphatic rings. The fourth-order valence-corrected chi connectivity index (χ4v) is 4.21. The lowest BCUT2D eigenvalue weighted by atomic mass is 9.87. The zero-order valence-electron chi connectivity index (χ0n) is 18.5. The maximum Gasteiger partial charge on any atom is 0.262 e. The Hall–Kier alpha value is -2.34. The molecule has 0 heterocycles. The largest absolute Gasteiger partial charge is 0.483 e. The van der Waals surface area contributed by atoms with E-state index >= 15 is 0 Å². The van der Waals surface area contributed by atoms with Crippen molar-refractivity contribution in [3.8, 4) is 5.75 Å². The van der Waals surface area contributed by atoms with E-state index in [2.05, 4.69) is 47.3 Å². The van der Waals surface area contributed by atoms with Crippen molar-refractivity contribution in [2.24, 2.45) is 0 Å². The Bertz CT molecular complexity index is 931. The minimum absolute atomic E-state index is 0.0281. The average molecular weight is 487 g/mol. The quantitative estimate of drug-likeness (QED) is 0.539. The monoisotopic (exact) mass is 486 g/mol. The zero-order chi connectivity index (χ0) is 22.4. The van der Waals surface area contributed by atoms with E-state index in [-0.39, 0.29) is 29.9 Å². The van der Waals surface area contributed by atoms with Crippen molar-refractivity contribution >= 4 is 33.4 Å². The Labute approximate surface area is 193 Å². The molecule has 0 saturated heterocycles. The highest BCUT2D eigenvalue weighted by molar-refractivity contribution is 9.10. The third kappa shape index (κ3) is 6.57. The summed E-state index contributed by atoms with van der Waals surface area (Å²) in [4.78, 5) is 25.3. The van der Waals surface area contributed by atoms with E-state index in [1.165, 1.54) is 12.0 Å². The first-order chi connectivity index (χ1) is 14.7. The van der Waals surface area contributed by atoms with Gasteiger partial charge in [-0.2, -0.15) is 0 Å². The molecule has 2 aromatic carbocycles. The lowest BCUT2D eigenvalue weighted by Gasteiger charge is -2.23. The second kappa shape index (κ2) is 10.3. The maximum atomic E-state index is 12.8. The Kier molecular flexibility index (Phi) is 7.76. The average Bonchev–Trinajstić information content (AvgIpc) is 2.73. The molecule has 2 N–H and O–H groups in total. The molecule has 5 nitrogen and oxygen atoms in total. The van der Waals surface area contributed by atoms with Gasteiger partial charge in [0.15, 0.2) is 6.61 Å². The van der Waals surface area contributed by atoms with Crippen molar-refractivity contribution in [2.75, 3.05) is 11.9 Å². The molecule has 2 amide bonds. The molecule has 0 bridgehead atoms. The van der Waals surface area contributed by atoms with E-state index in [4.69, 9.17) is 4.74 Å². The van der Waals surface area contributed by atoms with Crippen molar-refractivity contribution in [1.29, 1.82) is 0 Å². The van der Waals surface area contributed by atoms with Gasteiger partial charge in [-0.05, 0) is 64.0 Å². The SMILES string of the molecule is CC(C)(C)c1ccc(OCC(=O)Nc2ccccc2C(=O)NC2CCCCC2)c(Br)c1. The molecule has 2 aromatic rings. The molecule has 0 aliphatic heterocycles. The van der Waals surface area contributed by atoms with Crippen LogP contribution in [-0.4, -0.2) is 24.5 Å². The third-order valence-corrected chi connectivity index (χ3v) is 6.16. The molecule has 31 heavy (non-hydrogen) atoms. The van der Waals surface area contributed by atoms with Gasteiger partial charge in [-0.25, -0.2) is 0 Å². The van der Waals surface area contributed by atoms with Gasteiger partial charge in [0.05, 0.1) is 15.7 Å². The lowest BCUT2D eigenvalue weighted by molar-refractivity contribution is -0.118. The fraction of sp³-hybridized carbons (Fsp3) is 0.440. The molecule has 6 heteroatoms. The molecule has 1 aliphatic carbocycles. The number of rotatable bonds is 6. The number of carbonyl (C=O) groups is 2. The molecule has 0 unspecified atom stereocenters. The number of carbonyl (C=O) groups excluding carboxylic acids is 2. The van der Waals surface area contributed by atoms with Crippen LogP contribution in [0.4, 0.5) is 5.69 Å². The maximum absolute atomic E-state index is 12.8. The zero-order valence-corrected chi connectivity index (χ0v) is 20.1. The Morgan fingerprint density at radius 1 is 1.06 bits per heavy atom. The summed E-state index contributed by atoms with van der Waals surface area (Å²) in [6, 6.07) is 13.2. The highest BCUT2D eigenvalue weighted by Crippen LogP contribution is 2.31. The van der Waals surface area contributed by atoms with Crippen molar-refractivity contribution in [1.82, 2.24) is 5.32 Å². The van der Waals surface area contributed by atoms with Crippen LogP contribution >= 0.6 is 15.9 Å². The van der Waals surface area contributed by atoms with Gasteiger partial charge in [-0.15, -0.1) is 0 Å². The second-order valence-electron chi connectivity index (χ2n) is 9.09. The number of amides is 2. The minimum atomic E-state index is -0.315. The first kappa shape index (κ1) is 23.3. The van der Waals surface area contributed by atoms with E-state index in [9.17, 15) is 9.59 Å². The van der Waals surface area contributed by atoms with Crippen molar-refractivity contribution in [2.45, 2.75) is 64.3 Å². The summed E-state index contributed by atoms with van der Waals surface area (Å²) in [7, 11) is 0. The Morgan fingerprint density at radius 2 is 1.77 bits per heavy atom. The molecule has 0 aromatic heterocycles. The van der Waals surface area contributed by atoms with E-state index in [1.54, 1.807) is 24.3 Å². The van der Waals surface area contributed by atoms with Gasteiger partial charge in [0.25, 0.3) is 11.8 Å². The number of para-hydroxylation sites is 1. The molecule has 0 radical (unpaired) electrons. The number of nitrogens with one attached hydrogen (secondary N) is 2. The van der Waals surface area contributed by atoms with Gasteiger partial charge in [-0.3, -0.25) is 9.59 Å². The van der Waals surface area contributed by atoms with E-state index in [1.807, 2.05) is 18.2 Å². The molecule has 3 rings (SSSR count). The van der Waals surface area contributed by atoms with Crippen LogP contribution in [0, 0.1) is 0 Å². The van der Waals surface area contributed by atoms with Gasteiger partial charge in [-0.1, -0.05) is 58.2 Å². The molecular weight excluding hydrogens is 456 g/mol. The van der Waals surface area contributed by atoms with Gasteiger partial charge in [0.1, 0.15) is 5.75 Å². The predicted octanol–water partition coefficient (Wildman–Crippen LogP) is 5.83. The van der Waals surface area contributed by atoms with Gasteiger partial charge in [0.2, 0.25) is 0 Å². The summed E-state index contributed by atoms with van der Waals surface area (Å²) in [5.41, 5.74) is 2.16. The molecule has 0 atom stereocenters. The number of anilines is 1. The topological polar surface area (TPSA) is 67.4 Å². The summed E-state index contributed by atoms with van der Waals surface area (Å²) in [5.74, 6) is 0.139. The van der Waals surface area contributed by atoms with Crippen LogP contribution in [0.2, 0.25) is 0 Å². The molecule has 0 spiro atoms. The van der Waals surface area contributed by atoms with E-state index in [0.717, 1.165) is 30.2 Å². The van der Waals surface area contributed by atoms with Crippen molar-refractivity contribution in [3.05, 3.63) is 58.1 Å². The van der Waals surface area contributed by atoms with Crippen LogP contribution in [0.15, 0.2) is 46.9 Å². The molecule has 1 fully saturated rings. The first-order valence-electron chi connectivity index (χ1n) is 10.9. The summed E-state index contributed by atoms with van der Waals surface area (Å²) < 4.78 is 6.51. The van der Waals surface area contributed by atoms with Gasteiger partial charge in [0, 0.05) is 6.04 Å². The van der Waals surface area contributed by atoms with E-state index in [0.29, 0.717) is 17.0 Å². The summed E-state index contributed by atoms with van der Waals surface area (Å²) in [6.45, 7) is 6.28. The van der Waals surface area contributed by atoms with E-state index < -0.39 is 0 Å². The van der Waals surface area contributed by atoms with Crippen LogP contribution in [-0.2, 0) is 10.2 Å². The smallest absolute Gasteiger partial charge is 0.262 e. The molecule has 1 saturated carbocycles. The van der Waals surface area contributed by atoms with Crippen LogP contribution < -0.4 is 15.4 Å². The second-order valence-corrected chi connectivity index (χ2v) is 9.94. The lowest BCUT2D eigenvalue weighted by Crippen LogP contribution is -2.36. The van der Waals surface area contributed by atoms with Crippen molar-refractivity contribution < 1.29 is 14.3 Å². The molecular formula is C25H31BrN2O3. The normalized spacial score (nSPS) is 14.7. The number of ether oxygens (including phenoxy) is 1. The minimum Gasteiger partial charge on any atom is -0.483 e. The van der Waals surface area contributed by atoms with Crippen LogP contribution in [0.1, 0.15) is 68.8 Å². The third-order valence-electron chi connectivity index (χ3n) is 5.54. The summed E-state index contributed by atoms with van der Waals surface area (Å²) in [5, 5.41) is 5.92. The van der Waals surface area contributed by atoms with Crippen LogP contribution in [0.25, 0.3) is 0 Å². The van der Waals surface area contributed by atoms with Gasteiger partial charge >= 0.3 is 0 Å². The standard InChI is InChI=1S/C25H31BrN2O3/c1-25(2,3)17-13-14-22(20(26)15-17)31-16-23(29)28-21-12-8-7-11-19(21)24(30)27-18-9-5-4-6-10-18/h7-8,11-15,18H,4-6,9-10,16H2,1-3H3,(H,27,30)(H,28,29). The number of benzene rings is 2. The fourth-order valence-electron chi connectivity index (χ4n) is 3.71. The van der Waals surface area contributed by atoms with Crippen LogP contribution in [0.3, 0.4) is 0 Å². The Balaban J connectivity index is 1.60. The van der Waals surface area contributed by atoms with Crippen molar-refractivity contribution in [3.63, 3.8) is 0 Å². The number of halogens is 1. The predicted molar refractivity (Wildman–Crippen MR) is 128 cm³/mol. The van der Waals surface area contributed by atoms with Gasteiger partial charge < -0.3 is 15.4 Å². The summed E-state index contributed by atoms with van der Waals surface area (Å²) >= 11 is 3.52. The molecule has 166 valence electrons. The highest BCUT2D eigenvalue weighted by atomic mass is 79.9. The first-order valence-corrected chi connectivity index (χ1v) is 11.7. The van der Waals surface area contributed by atoms with Crippen LogP contribution in [0.5, 0.6) is 5.75 Å².